The third kappa shape index (κ3) is 3.98. The molecule has 2 aromatic carbocycles. The van der Waals surface area contributed by atoms with E-state index < -0.39 is 0 Å². The van der Waals surface area contributed by atoms with Crippen molar-refractivity contribution in [3.8, 4) is 11.5 Å². The van der Waals surface area contributed by atoms with Crippen LogP contribution in [-0.4, -0.2) is 33.2 Å². The summed E-state index contributed by atoms with van der Waals surface area (Å²) in [5.41, 5.74) is 3.03. The van der Waals surface area contributed by atoms with E-state index in [1.807, 2.05) is 26.2 Å². The molecule has 2 aromatic rings. The molecule has 5 nitrogen and oxygen atoms in total. The van der Waals surface area contributed by atoms with E-state index in [4.69, 9.17) is 9.47 Å². The van der Waals surface area contributed by atoms with Crippen molar-refractivity contribution < 1.29 is 14.3 Å². The summed E-state index contributed by atoms with van der Waals surface area (Å²) < 4.78 is 11.0. The van der Waals surface area contributed by atoms with Crippen molar-refractivity contribution in [1.82, 2.24) is 0 Å². The molecule has 1 heterocycles. The lowest BCUT2D eigenvalue weighted by molar-refractivity contribution is -0.116. The van der Waals surface area contributed by atoms with Gasteiger partial charge in [0.2, 0.25) is 5.91 Å². The van der Waals surface area contributed by atoms with Crippen molar-refractivity contribution in [3.63, 3.8) is 0 Å². The summed E-state index contributed by atoms with van der Waals surface area (Å²) >= 11 is 0. The lowest BCUT2D eigenvalue weighted by Crippen LogP contribution is -2.16. The van der Waals surface area contributed by atoms with E-state index in [0.29, 0.717) is 31.8 Å². The number of rotatable bonds is 5. The van der Waals surface area contributed by atoms with Crippen LogP contribution in [0.5, 0.6) is 11.5 Å². The summed E-state index contributed by atoms with van der Waals surface area (Å²) in [6.45, 7) is 1.10. The Hall–Kier alpha value is -2.69. The zero-order valence-electron chi connectivity index (χ0n) is 14.0. The van der Waals surface area contributed by atoms with E-state index in [1.165, 1.54) is 0 Å². The van der Waals surface area contributed by atoms with E-state index in [1.54, 1.807) is 6.07 Å². The maximum atomic E-state index is 12.1. The molecule has 3 rings (SSSR count). The molecule has 24 heavy (non-hydrogen) atoms. The number of benzene rings is 2. The first-order chi connectivity index (χ1) is 11.6. The van der Waals surface area contributed by atoms with Gasteiger partial charge in [-0.25, -0.2) is 0 Å². The number of aryl methyl sites for hydroxylation is 1. The molecule has 0 radical (unpaired) electrons. The van der Waals surface area contributed by atoms with Gasteiger partial charge < -0.3 is 19.7 Å². The molecule has 1 aliphatic heterocycles. The maximum absolute atomic E-state index is 12.1. The Balaban J connectivity index is 1.54. The molecule has 1 N–H and O–H groups in total. The fourth-order valence-corrected chi connectivity index (χ4v) is 2.56. The van der Waals surface area contributed by atoms with Crippen LogP contribution in [0.4, 0.5) is 11.4 Å². The van der Waals surface area contributed by atoms with Crippen LogP contribution < -0.4 is 19.7 Å². The Labute approximate surface area is 142 Å². The summed E-state index contributed by atoms with van der Waals surface area (Å²) in [5, 5.41) is 2.91. The topological polar surface area (TPSA) is 50.8 Å². The third-order valence-corrected chi connectivity index (χ3v) is 3.92. The predicted octanol–water partition coefficient (Wildman–Crippen LogP) is 3.10. The molecule has 0 spiro atoms. The van der Waals surface area contributed by atoms with Gasteiger partial charge in [0.1, 0.15) is 13.2 Å². The van der Waals surface area contributed by atoms with Gasteiger partial charge in [0.15, 0.2) is 11.5 Å². The zero-order chi connectivity index (χ0) is 16.9. The smallest absolute Gasteiger partial charge is 0.224 e. The van der Waals surface area contributed by atoms with Crippen LogP contribution in [0.2, 0.25) is 0 Å². The maximum Gasteiger partial charge on any atom is 0.224 e. The molecule has 0 aromatic heterocycles. The number of anilines is 2. The number of fused-ring (bicyclic) bond motifs is 1. The van der Waals surface area contributed by atoms with E-state index in [0.717, 1.165) is 22.7 Å². The standard InChI is InChI=1S/C19H22N2O3/c1-21(2)16-7-3-14(4-8-16)5-10-19(22)20-15-6-9-17-18(13-15)24-12-11-23-17/h3-4,6-9,13H,5,10-12H2,1-2H3,(H,20,22). The third-order valence-electron chi connectivity index (χ3n) is 3.92. The summed E-state index contributed by atoms with van der Waals surface area (Å²) in [4.78, 5) is 14.2. The van der Waals surface area contributed by atoms with Gasteiger partial charge in [-0.15, -0.1) is 0 Å². The molecule has 1 amide bonds. The Bertz CT molecular complexity index is 711. The van der Waals surface area contributed by atoms with Gasteiger partial charge in [0.05, 0.1) is 0 Å². The van der Waals surface area contributed by atoms with Crippen LogP contribution in [0, 0.1) is 0 Å². The minimum Gasteiger partial charge on any atom is -0.486 e. The summed E-state index contributed by atoms with van der Waals surface area (Å²) in [5.74, 6) is 1.39. The molecule has 0 aliphatic carbocycles. The summed E-state index contributed by atoms with van der Waals surface area (Å²) in [6, 6.07) is 13.7. The highest BCUT2D eigenvalue weighted by Crippen LogP contribution is 2.32. The first-order valence-corrected chi connectivity index (χ1v) is 8.07. The number of hydrogen-bond donors (Lipinski definition) is 1. The van der Waals surface area contributed by atoms with E-state index in [2.05, 4.69) is 34.5 Å². The van der Waals surface area contributed by atoms with Gasteiger partial charge in [0, 0.05) is 38.0 Å². The fraction of sp³-hybridized carbons (Fsp3) is 0.316. The second-order valence-electron chi connectivity index (χ2n) is 5.97. The lowest BCUT2D eigenvalue weighted by atomic mass is 10.1. The van der Waals surface area contributed by atoms with Gasteiger partial charge in [-0.05, 0) is 36.2 Å². The van der Waals surface area contributed by atoms with E-state index >= 15 is 0 Å². The van der Waals surface area contributed by atoms with Gasteiger partial charge in [-0.3, -0.25) is 4.79 Å². The Kier molecular flexibility index (Phi) is 4.89. The second kappa shape index (κ2) is 7.25. The molecule has 126 valence electrons. The van der Waals surface area contributed by atoms with Crippen LogP contribution in [0.25, 0.3) is 0 Å². The molecule has 0 bridgehead atoms. The quantitative estimate of drug-likeness (QED) is 0.917. The number of hydrogen-bond acceptors (Lipinski definition) is 4. The Morgan fingerprint density at radius 1 is 1.04 bits per heavy atom. The average Bonchev–Trinajstić information content (AvgIpc) is 2.60. The number of nitrogens with zero attached hydrogens (tertiary/aromatic N) is 1. The lowest BCUT2D eigenvalue weighted by Gasteiger charge is -2.19. The second-order valence-corrected chi connectivity index (χ2v) is 5.97. The van der Waals surface area contributed by atoms with Crippen LogP contribution in [0.3, 0.4) is 0 Å². The minimum atomic E-state index is -0.0108. The van der Waals surface area contributed by atoms with Crippen molar-refractivity contribution in [1.29, 1.82) is 0 Å². The van der Waals surface area contributed by atoms with Crippen molar-refractivity contribution in [3.05, 3.63) is 48.0 Å². The van der Waals surface area contributed by atoms with Crippen molar-refractivity contribution in [2.75, 3.05) is 37.5 Å². The highest BCUT2D eigenvalue weighted by atomic mass is 16.6. The summed E-state index contributed by atoms with van der Waals surface area (Å²) in [6.07, 6.45) is 1.15. The molecule has 1 aliphatic rings. The first-order valence-electron chi connectivity index (χ1n) is 8.07. The molecule has 0 saturated heterocycles. The van der Waals surface area contributed by atoms with Gasteiger partial charge >= 0.3 is 0 Å². The van der Waals surface area contributed by atoms with Gasteiger partial charge in [-0.2, -0.15) is 0 Å². The van der Waals surface area contributed by atoms with Crippen LogP contribution in [0.15, 0.2) is 42.5 Å². The predicted molar refractivity (Wildman–Crippen MR) is 95.2 cm³/mol. The minimum absolute atomic E-state index is 0.0108. The van der Waals surface area contributed by atoms with Crippen molar-refractivity contribution in [2.24, 2.45) is 0 Å². The normalized spacial score (nSPS) is 12.6. The van der Waals surface area contributed by atoms with Crippen molar-refractivity contribution >= 4 is 17.3 Å². The molecular weight excluding hydrogens is 304 g/mol. The van der Waals surface area contributed by atoms with E-state index in [-0.39, 0.29) is 5.91 Å². The first kappa shape index (κ1) is 16.2. The van der Waals surface area contributed by atoms with Crippen LogP contribution in [0.1, 0.15) is 12.0 Å². The molecular formula is C19H22N2O3. The molecule has 0 atom stereocenters. The Morgan fingerprint density at radius 3 is 2.46 bits per heavy atom. The average molecular weight is 326 g/mol. The van der Waals surface area contributed by atoms with Crippen LogP contribution in [-0.2, 0) is 11.2 Å². The largest absolute Gasteiger partial charge is 0.486 e. The molecule has 5 heteroatoms. The summed E-state index contributed by atoms with van der Waals surface area (Å²) in [7, 11) is 4.02. The molecule has 0 saturated carbocycles. The highest BCUT2D eigenvalue weighted by molar-refractivity contribution is 5.91. The van der Waals surface area contributed by atoms with Crippen molar-refractivity contribution in [2.45, 2.75) is 12.8 Å². The van der Waals surface area contributed by atoms with Gasteiger partial charge in [-0.1, -0.05) is 12.1 Å². The van der Waals surface area contributed by atoms with E-state index in [9.17, 15) is 4.79 Å². The monoisotopic (exact) mass is 326 g/mol. The Morgan fingerprint density at radius 2 is 1.75 bits per heavy atom. The SMILES string of the molecule is CN(C)c1ccc(CCC(=O)Nc2ccc3c(c2)OCCO3)cc1. The fourth-order valence-electron chi connectivity index (χ4n) is 2.56. The molecule has 0 fully saturated rings. The molecule has 0 unspecified atom stereocenters. The number of nitrogens with one attached hydrogen (secondary N) is 1. The van der Waals surface area contributed by atoms with Crippen LogP contribution >= 0.6 is 0 Å². The zero-order valence-corrected chi connectivity index (χ0v) is 14.0. The highest BCUT2D eigenvalue weighted by Gasteiger charge is 2.12. The number of amides is 1. The number of carbonyl (C=O) groups excluding carboxylic acids is 1. The number of carbonyl (C=O) groups is 1. The van der Waals surface area contributed by atoms with Gasteiger partial charge in [0.25, 0.3) is 0 Å². The number of ether oxygens (including phenoxy) is 2.